The van der Waals surface area contributed by atoms with Crippen molar-refractivity contribution < 1.29 is 36.4 Å². The molecule has 0 fully saturated rings. The lowest BCUT2D eigenvalue weighted by Gasteiger charge is -2.28. The summed E-state index contributed by atoms with van der Waals surface area (Å²) in [6.45, 7) is -2.07. The molecule has 0 aromatic heterocycles. The van der Waals surface area contributed by atoms with Crippen LogP contribution in [0.2, 0.25) is 0 Å². The van der Waals surface area contributed by atoms with Gasteiger partial charge in [-0.25, -0.2) is 0 Å². The van der Waals surface area contributed by atoms with Crippen LogP contribution in [0.25, 0.3) is 0 Å². The van der Waals surface area contributed by atoms with Crippen molar-refractivity contribution in [2.75, 3.05) is 20.3 Å². The molecule has 0 N–H and O–H groups in total. The zero-order valence-corrected chi connectivity index (χ0v) is 6.88. The summed E-state index contributed by atoms with van der Waals surface area (Å²) in [4.78, 5) is -3.35. The second kappa shape index (κ2) is 5.31. The highest BCUT2D eigenvalue weighted by atomic mass is 19.4. The van der Waals surface area contributed by atoms with Crippen LogP contribution in [0, 0.1) is 0 Å². The lowest BCUT2D eigenvalue weighted by Crippen LogP contribution is -2.64. The van der Waals surface area contributed by atoms with Crippen LogP contribution in [0.5, 0.6) is 0 Å². The smallest absolute Gasteiger partial charge is 0.251 e. The molecule has 0 heterocycles. The van der Waals surface area contributed by atoms with Crippen LogP contribution in [0.15, 0.2) is 0 Å². The molecule has 86 valence electrons. The van der Waals surface area contributed by atoms with E-state index in [1.54, 1.807) is 0 Å². The van der Waals surface area contributed by atoms with E-state index in [0.717, 1.165) is 7.11 Å². The third-order valence-corrected chi connectivity index (χ3v) is 1.32. The van der Waals surface area contributed by atoms with Gasteiger partial charge in [-0.2, -0.15) is 0 Å². The van der Waals surface area contributed by atoms with Crippen molar-refractivity contribution in [1.29, 1.82) is 0 Å². The summed E-state index contributed by atoms with van der Waals surface area (Å²) in [5, 5.41) is 0. The first-order valence-electron chi connectivity index (χ1n) is 3.13. The topological polar surface area (TPSA) is 19.0 Å². The van der Waals surface area contributed by atoms with Gasteiger partial charge in [0.2, 0.25) is 0 Å². The van der Waals surface area contributed by atoms with Crippen molar-refractivity contribution >= 4 is 0 Å². The molecule has 0 bridgehead atoms. The lowest BCUT2D eigenvalue weighted by molar-refractivity contribution is -1.30. The van der Waals surface area contributed by atoms with Crippen LogP contribution >= 0.6 is 0 Å². The van der Waals surface area contributed by atoms with Crippen LogP contribution in [0.1, 0.15) is 0 Å². The second-order valence-corrected chi connectivity index (χ2v) is 2.05. The Balaban J connectivity index is 4.76. The average molecular weight is 229 g/mol. The summed E-state index contributed by atoms with van der Waals surface area (Å²) >= 11 is 0. The van der Waals surface area contributed by atoms with Gasteiger partial charge in [-0.3, -0.25) is 0 Å². The van der Waals surface area contributed by atoms with Crippen molar-refractivity contribution in [3.05, 3.63) is 0 Å². The van der Waals surface area contributed by atoms with Crippen LogP contribution in [-0.2, 0) is 4.74 Å². The summed E-state index contributed by atoms with van der Waals surface area (Å²) in [6, 6.07) is 0. The van der Waals surface area contributed by atoms with Crippen LogP contribution < -0.4 is 0 Å². The molecule has 0 rings (SSSR count). The normalized spacial score (nSPS) is 13.3. The molecule has 0 amide bonds. The lowest BCUT2D eigenvalue weighted by atomic mass is 10.7. The van der Waals surface area contributed by atoms with E-state index in [4.69, 9.17) is 0 Å². The summed E-state index contributed by atoms with van der Waals surface area (Å²) < 4.78 is 75.5. The fourth-order valence-electron chi connectivity index (χ4n) is 0.594. The molecular weight excluding hydrogens is 222 g/mol. The monoisotopic (exact) mass is 229 g/mol. The fraction of sp³-hybridized carbons (Fsp3) is 1.00. The van der Waals surface area contributed by atoms with E-state index in [0.29, 0.717) is 0 Å². The van der Waals surface area contributed by atoms with Crippen LogP contribution in [0.4, 0.5) is 26.9 Å². The molecule has 0 aliphatic heterocycles. The van der Waals surface area contributed by atoms with Gasteiger partial charge in [0.1, 0.15) is 6.61 Å². The first kappa shape index (κ1) is 13.4. The van der Waals surface area contributed by atoms with Gasteiger partial charge in [-0.05, 0) is 26.9 Å². The van der Waals surface area contributed by atoms with E-state index < -0.39 is 34.3 Å². The SMILES string of the molecule is COCC[N+](N(F)F)(N(F)F)N(F)F. The summed E-state index contributed by atoms with van der Waals surface area (Å²) in [7, 11) is 0.997. The molecule has 5 nitrogen and oxygen atoms in total. The van der Waals surface area contributed by atoms with Crippen molar-refractivity contribution in [1.82, 2.24) is 16.4 Å². The van der Waals surface area contributed by atoms with E-state index in [2.05, 4.69) is 4.74 Å². The number of halogens is 6. The Morgan fingerprint density at radius 2 is 1.29 bits per heavy atom. The standard InChI is InChI=1S/C3H7F6N4O/c1-14-3-2-13(10(4)5,11(6)7)12(8)9/h2-3H2,1H3/q+1. The Labute approximate surface area is 74.3 Å². The Bertz CT molecular complexity index is 145. The third kappa shape index (κ3) is 2.45. The highest BCUT2D eigenvalue weighted by molar-refractivity contribution is 4.20. The minimum absolute atomic E-state index is 0.709. The number of hydrogen-bond donors (Lipinski definition) is 0. The molecule has 0 saturated carbocycles. The second-order valence-electron chi connectivity index (χ2n) is 2.05. The van der Waals surface area contributed by atoms with E-state index in [-0.39, 0.29) is 0 Å². The van der Waals surface area contributed by atoms with E-state index >= 15 is 0 Å². The molecule has 0 saturated heterocycles. The molecule has 0 aliphatic carbocycles. The van der Waals surface area contributed by atoms with Crippen molar-refractivity contribution in [3.63, 3.8) is 0 Å². The van der Waals surface area contributed by atoms with Gasteiger partial charge in [0.25, 0.3) is 16.4 Å². The molecule has 0 radical (unpaired) electrons. The van der Waals surface area contributed by atoms with Gasteiger partial charge < -0.3 is 4.74 Å². The van der Waals surface area contributed by atoms with Crippen LogP contribution in [0.3, 0.4) is 0 Å². The van der Waals surface area contributed by atoms with Gasteiger partial charge in [0, 0.05) is 7.11 Å². The maximum absolute atomic E-state index is 11.9. The Morgan fingerprint density at radius 1 is 0.929 bits per heavy atom. The Morgan fingerprint density at radius 3 is 1.50 bits per heavy atom. The van der Waals surface area contributed by atoms with Gasteiger partial charge in [0.05, 0.1) is 4.81 Å². The molecule has 14 heavy (non-hydrogen) atoms. The molecule has 0 unspecified atom stereocenters. The first-order chi connectivity index (χ1) is 6.39. The zero-order chi connectivity index (χ0) is 11.4. The molecule has 0 aromatic carbocycles. The summed E-state index contributed by atoms with van der Waals surface area (Å²) in [5.74, 6) is 0. The first-order valence-corrected chi connectivity index (χ1v) is 3.13. The van der Waals surface area contributed by atoms with Crippen LogP contribution in [-0.4, -0.2) is 41.4 Å². The minimum Gasteiger partial charge on any atom is -0.379 e. The number of quaternary nitrogens is 1. The van der Waals surface area contributed by atoms with Gasteiger partial charge in [-0.15, -0.1) is 0 Å². The third-order valence-electron chi connectivity index (χ3n) is 1.32. The van der Waals surface area contributed by atoms with E-state index in [1.165, 1.54) is 0 Å². The Hall–Kier alpha value is -0.620. The summed E-state index contributed by atoms with van der Waals surface area (Å²) in [6.07, 6.45) is 0. The van der Waals surface area contributed by atoms with E-state index in [1.807, 2.05) is 0 Å². The number of rotatable bonds is 6. The van der Waals surface area contributed by atoms with E-state index in [9.17, 15) is 26.9 Å². The molecule has 0 atom stereocenters. The zero-order valence-electron chi connectivity index (χ0n) is 6.88. The maximum atomic E-state index is 11.9. The van der Waals surface area contributed by atoms with Crippen molar-refractivity contribution in [2.45, 2.75) is 0 Å². The predicted octanol–water partition coefficient (Wildman–Crippen LogP) is 1.41. The Kier molecular flexibility index (Phi) is 5.07. The summed E-state index contributed by atoms with van der Waals surface area (Å²) in [5.41, 5.74) is -7.04. The maximum Gasteiger partial charge on any atom is 0.251 e. The van der Waals surface area contributed by atoms with Crippen molar-refractivity contribution in [3.8, 4) is 0 Å². The van der Waals surface area contributed by atoms with Crippen molar-refractivity contribution in [2.24, 2.45) is 0 Å². The quantitative estimate of drug-likeness (QED) is 0.296. The highest BCUT2D eigenvalue weighted by Crippen LogP contribution is 2.25. The number of methoxy groups -OCH3 is 1. The molecule has 11 heteroatoms. The number of hydrogen-bond acceptors (Lipinski definition) is 4. The number of ether oxygens (including phenoxy) is 1. The fourth-order valence-corrected chi connectivity index (χ4v) is 0.594. The van der Waals surface area contributed by atoms with Gasteiger partial charge >= 0.3 is 0 Å². The number of nitrogens with zero attached hydrogens (tertiary/aromatic N) is 4. The average Bonchev–Trinajstić information content (AvgIpc) is 2.03. The largest absolute Gasteiger partial charge is 0.379 e. The minimum atomic E-state index is -3.35. The van der Waals surface area contributed by atoms with Gasteiger partial charge in [0.15, 0.2) is 6.54 Å². The predicted molar refractivity (Wildman–Crippen MR) is 29.2 cm³/mol. The molecule has 0 spiro atoms. The molecule has 0 aliphatic rings. The molecular formula is C3H7F6N4O+. The highest BCUT2D eigenvalue weighted by Gasteiger charge is 2.57. The van der Waals surface area contributed by atoms with Gasteiger partial charge in [-0.1, -0.05) is 0 Å². The molecule has 0 aromatic rings.